The molecule has 0 saturated heterocycles. The van der Waals surface area contributed by atoms with Gasteiger partial charge in [0.1, 0.15) is 0 Å². The van der Waals surface area contributed by atoms with E-state index in [0.29, 0.717) is 29.1 Å². The summed E-state index contributed by atoms with van der Waals surface area (Å²) in [7, 11) is 0. The topological polar surface area (TPSA) is 63.7 Å². The molecule has 0 N–H and O–H groups in total. The van der Waals surface area contributed by atoms with Crippen LogP contribution >= 0.6 is 63.7 Å². The molecule has 0 aliphatic carbocycles. The highest BCUT2D eigenvalue weighted by molar-refractivity contribution is 9.15. The van der Waals surface area contributed by atoms with Crippen molar-refractivity contribution in [2.24, 2.45) is 0 Å². The summed E-state index contributed by atoms with van der Waals surface area (Å²) in [5.74, 6) is -1.36. The summed E-state index contributed by atoms with van der Waals surface area (Å²) >= 11 is 13.5. The monoisotopic (exact) mass is 607 g/mol. The Morgan fingerprint density at radius 2 is 1.35 bits per heavy atom. The van der Waals surface area contributed by atoms with Crippen molar-refractivity contribution < 1.29 is 19.1 Å². The molecular formula is C17H9Br4NO4. The lowest BCUT2D eigenvalue weighted by atomic mass is 10.1. The maximum atomic E-state index is 12.9. The summed E-state index contributed by atoms with van der Waals surface area (Å²) in [5.41, 5.74) is 1.26. The number of anilines is 1. The third-order valence-corrected chi connectivity index (χ3v) is 8.51. The zero-order chi connectivity index (χ0) is 19.2. The summed E-state index contributed by atoms with van der Waals surface area (Å²) in [6, 6.07) is 6.12. The van der Waals surface area contributed by atoms with Gasteiger partial charge in [-0.15, -0.1) is 0 Å². The number of hydrogen-bond acceptors (Lipinski definition) is 4. The van der Waals surface area contributed by atoms with Crippen LogP contribution in [0, 0.1) is 0 Å². The summed E-state index contributed by atoms with van der Waals surface area (Å²) < 4.78 is 7.18. The standard InChI is InChI=1S/C17H9Br4NO4/c1-2-26-17(25)7-3-5-8(6-4-7)22-15(23)9-10(16(22)24)12(19)14(21)13(20)11(9)18/h3-6H,2H2,1H3. The first-order valence-electron chi connectivity index (χ1n) is 7.31. The maximum absolute atomic E-state index is 12.9. The molecule has 0 bridgehead atoms. The third-order valence-electron chi connectivity index (χ3n) is 3.74. The van der Waals surface area contributed by atoms with Crippen LogP contribution < -0.4 is 4.90 Å². The van der Waals surface area contributed by atoms with E-state index in [9.17, 15) is 14.4 Å². The van der Waals surface area contributed by atoms with Crippen molar-refractivity contribution in [3.63, 3.8) is 0 Å². The molecular weight excluding hydrogens is 602 g/mol. The van der Waals surface area contributed by atoms with Crippen LogP contribution in [0.2, 0.25) is 0 Å². The van der Waals surface area contributed by atoms with Gasteiger partial charge in [0, 0.05) is 17.9 Å². The molecule has 0 atom stereocenters. The minimum absolute atomic E-state index is 0.269. The highest BCUT2D eigenvalue weighted by atomic mass is 79.9. The van der Waals surface area contributed by atoms with Crippen molar-refractivity contribution >= 4 is 87.2 Å². The van der Waals surface area contributed by atoms with E-state index in [1.165, 1.54) is 12.1 Å². The molecule has 2 amide bonds. The first-order chi connectivity index (χ1) is 12.3. The molecule has 0 spiro atoms. The highest BCUT2D eigenvalue weighted by Crippen LogP contribution is 2.46. The lowest BCUT2D eigenvalue weighted by Gasteiger charge is -2.14. The number of carbonyl (C=O) groups is 3. The second kappa shape index (κ2) is 7.53. The molecule has 9 heteroatoms. The Kier molecular flexibility index (Phi) is 5.72. The van der Waals surface area contributed by atoms with Gasteiger partial charge in [-0.3, -0.25) is 9.59 Å². The van der Waals surface area contributed by atoms with Crippen LogP contribution in [0.5, 0.6) is 0 Å². The van der Waals surface area contributed by atoms with E-state index in [4.69, 9.17) is 4.74 Å². The van der Waals surface area contributed by atoms with Gasteiger partial charge in [0.05, 0.1) is 29.0 Å². The number of ether oxygens (including phenoxy) is 1. The maximum Gasteiger partial charge on any atom is 0.338 e. The lowest BCUT2D eigenvalue weighted by Crippen LogP contribution is -2.29. The fourth-order valence-corrected chi connectivity index (χ4v) is 5.00. The minimum atomic E-state index is -0.459. The van der Waals surface area contributed by atoms with Gasteiger partial charge >= 0.3 is 5.97 Å². The van der Waals surface area contributed by atoms with E-state index >= 15 is 0 Å². The number of esters is 1. The molecule has 26 heavy (non-hydrogen) atoms. The molecule has 0 unspecified atom stereocenters. The van der Waals surface area contributed by atoms with Crippen LogP contribution in [0.3, 0.4) is 0 Å². The Labute approximate surface area is 182 Å². The summed E-state index contributed by atoms with van der Waals surface area (Å²) in [5, 5.41) is 0. The molecule has 1 aliphatic rings. The van der Waals surface area contributed by atoms with Crippen LogP contribution in [0.1, 0.15) is 38.0 Å². The van der Waals surface area contributed by atoms with Gasteiger partial charge in [0.2, 0.25) is 0 Å². The van der Waals surface area contributed by atoms with E-state index in [1.54, 1.807) is 19.1 Å². The fraction of sp³-hybridized carbons (Fsp3) is 0.118. The van der Waals surface area contributed by atoms with E-state index in [2.05, 4.69) is 63.7 Å². The van der Waals surface area contributed by atoms with Gasteiger partial charge in [0.25, 0.3) is 11.8 Å². The van der Waals surface area contributed by atoms with Crippen molar-refractivity contribution in [3.05, 3.63) is 58.8 Å². The minimum Gasteiger partial charge on any atom is -0.462 e. The van der Waals surface area contributed by atoms with Crippen molar-refractivity contribution in [2.75, 3.05) is 11.5 Å². The number of halogens is 4. The quantitative estimate of drug-likeness (QED) is 0.193. The molecule has 0 fully saturated rings. The predicted molar refractivity (Wildman–Crippen MR) is 111 cm³/mol. The van der Waals surface area contributed by atoms with Gasteiger partial charge in [-0.2, -0.15) is 0 Å². The van der Waals surface area contributed by atoms with E-state index in [0.717, 1.165) is 4.90 Å². The molecule has 2 aromatic rings. The Morgan fingerprint density at radius 3 is 1.77 bits per heavy atom. The Hall–Kier alpha value is -1.03. The highest BCUT2D eigenvalue weighted by Gasteiger charge is 2.41. The van der Waals surface area contributed by atoms with Crippen molar-refractivity contribution in [1.82, 2.24) is 0 Å². The molecule has 1 heterocycles. The zero-order valence-electron chi connectivity index (χ0n) is 13.1. The largest absolute Gasteiger partial charge is 0.462 e. The lowest BCUT2D eigenvalue weighted by molar-refractivity contribution is 0.0526. The molecule has 0 radical (unpaired) electrons. The van der Waals surface area contributed by atoms with E-state index in [1.807, 2.05) is 0 Å². The Morgan fingerprint density at radius 1 is 0.885 bits per heavy atom. The van der Waals surface area contributed by atoms with Gasteiger partial charge in [0.15, 0.2) is 0 Å². The van der Waals surface area contributed by atoms with Gasteiger partial charge in [-0.25, -0.2) is 9.69 Å². The molecule has 0 aromatic heterocycles. The SMILES string of the molecule is CCOC(=O)c1ccc(N2C(=O)c3c(Br)c(Br)c(Br)c(Br)c3C2=O)cc1. The number of rotatable bonds is 3. The summed E-state index contributed by atoms with van der Waals surface area (Å²) in [4.78, 5) is 38.6. The van der Waals surface area contributed by atoms with Crippen LogP contribution in [-0.4, -0.2) is 24.4 Å². The summed E-state index contributed by atoms with van der Waals surface area (Å²) in [6.07, 6.45) is 0. The second-order valence-electron chi connectivity index (χ2n) is 5.22. The number of amides is 2. The number of carbonyl (C=O) groups excluding carboxylic acids is 3. The number of benzene rings is 2. The number of fused-ring (bicyclic) bond motifs is 1. The average molecular weight is 611 g/mol. The molecule has 0 saturated carbocycles. The van der Waals surface area contributed by atoms with Gasteiger partial charge in [-0.1, -0.05) is 0 Å². The summed E-state index contributed by atoms with van der Waals surface area (Å²) in [6.45, 7) is 1.99. The average Bonchev–Trinajstić information content (AvgIpc) is 2.89. The Balaban J connectivity index is 2.05. The second-order valence-corrected chi connectivity index (χ2v) is 8.39. The van der Waals surface area contributed by atoms with Crippen molar-refractivity contribution in [1.29, 1.82) is 0 Å². The number of hydrogen-bond donors (Lipinski definition) is 0. The van der Waals surface area contributed by atoms with Gasteiger partial charge in [-0.05, 0) is 94.9 Å². The van der Waals surface area contributed by atoms with Gasteiger partial charge < -0.3 is 4.74 Å². The normalized spacial score (nSPS) is 13.2. The first-order valence-corrected chi connectivity index (χ1v) is 10.5. The molecule has 1 aliphatic heterocycles. The van der Waals surface area contributed by atoms with Crippen LogP contribution in [0.25, 0.3) is 0 Å². The third kappa shape index (κ3) is 3.08. The van der Waals surface area contributed by atoms with Crippen LogP contribution in [0.15, 0.2) is 42.2 Å². The van der Waals surface area contributed by atoms with Crippen molar-refractivity contribution in [2.45, 2.75) is 6.92 Å². The van der Waals surface area contributed by atoms with E-state index in [-0.39, 0.29) is 17.7 Å². The van der Waals surface area contributed by atoms with Crippen LogP contribution in [-0.2, 0) is 4.74 Å². The fourth-order valence-electron chi connectivity index (χ4n) is 2.54. The zero-order valence-corrected chi connectivity index (χ0v) is 19.5. The smallest absolute Gasteiger partial charge is 0.338 e. The van der Waals surface area contributed by atoms with Crippen LogP contribution in [0.4, 0.5) is 5.69 Å². The molecule has 2 aromatic carbocycles. The van der Waals surface area contributed by atoms with Crippen molar-refractivity contribution in [3.8, 4) is 0 Å². The number of imide groups is 1. The molecule has 134 valence electrons. The first kappa shape index (κ1) is 19.7. The number of nitrogens with zero attached hydrogens (tertiary/aromatic N) is 1. The Bertz CT molecular complexity index is 909. The predicted octanol–water partition coefficient (Wildman–Crippen LogP) is 5.71. The molecule has 5 nitrogen and oxygen atoms in total. The molecule has 3 rings (SSSR count). The van der Waals surface area contributed by atoms with E-state index < -0.39 is 17.8 Å².